The minimum Gasteiger partial charge on any atom is -0.475 e. The fourth-order valence-corrected chi connectivity index (χ4v) is 4.72. The summed E-state index contributed by atoms with van der Waals surface area (Å²) in [4.78, 5) is 33.7. The molecule has 1 amide bonds. The fourth-order valence-electron chi connectivity index (χ4n) is 4.72. The standard InChI is InChI=1S/C26H33N5O.C2HF3O2/c1-17(2)31-16-28-24-23(31)14-22(29-25(24)27-15-19-8-9-19)20-10-12-30(13-11-20)26(32)21-7-5-4-6-18(21)3;3-2(4,5)1(6)7/h4-7,14,16-17,19-20H,8-13,15H2,1-3H3,(H,27,29);(H,6,7). The summed E-state index contributed by atoms with van der Waals surface area (Å²) >= 11 is 0. The summed E-state index contributed by atoms with van der Waals surface area (Å²) in [6, 6.07) is 10.4. The normalized spacial score (nSPS) is 16.2. The van der Waals surface area contributed by atoms with Crippen molar-refractivity contribution in [1.29, 1.82) is 0 Å². The Morgan fingerprint density at radius 1 is 1.13 bits per heavy atom. The van der Waals surface area contributed by atoms with E-state index in [0.717, 1.165) is 72.1 Å². The second-order valence-corrected chi connectivity index (χ2v) is 10.5. The van der Waals surface area contributed by atoms with Gasteiger partial charge in [0.2, 0.25) is 0 Å². The zero-order chi connectivity index (χ0) is 28.3. The molecule has 2 aliphatic rings. The molecule has 0 bridgehead atoms. The van der Waals surface area contributed by atoms with Crippen molar-refractivity contribution in [3.8, 4) is 0 Å². The molecule has 2 N–H and O–H groups in total. The number of carboxylic acids is 1. The van der Waals surface area contributed by atoms with Crippen molar-refractivity contribution >= 4 is 28.7 Å². The number of hydrogen-bond acceptors (Lipinski definition) is 5. The number of hydrogen-bond donors (Lipinski definition) is 2. The first-order valence-electron chi connectivity index (χ1n) is 13.2. The van der Waals surface area contributed by atoms with Gasteiger partial charge in [-0.15, -0.1) is 0 Å². The Kier molecular flexibility index (Phi) is 8.46. The van der Waals surface area contributed by atoms with Crippen LogP contribution in [-0.4, -0.2) is 62.2 Å². The van der Waals surface area contributed by atoms with Crippen LogP contribution >= 0.6 is 0 Å². The molecular weight excluding hydrogens is 511 g/mol. The van der Waals surface area contributed by atoms with Gasteiger partial charge in [0, 0.05) is 42.9 Å². The number of imidazole rings is 1. The van der Waals surface area contributed by atoms with Crippen molar-refractivity contribution in [3.05, 3.63) is 53.5 Å². The summed E-state index contributed by atoms with van der Waals surface area (Å²) in [6.07, 6.45) is 1.35. The van der Waals surface area contributed by atoms with Crippen LogP contribution in [0.3, 0.4) is 0 Å². The number of carbonyl (C=O) groups excluding carboxylic acids is 1. The summed E-state index contributed by atoms with van der Waals surface area (Å²) in [7, 11) is 0. The van der Waals surface area contributed by atoms with Crippen molar-refractivity contribution in [2.45, 2.75) is 64.6 Å². The number of aliphatic carboxylic acids is 1. The average molecular weight is 546 g/mol. The van der Waals surface area contributed by atoms with Crippen LogP contribution in [0.1, 0.15) is 73.1 Å². The maximum atomic E-state index is 13.0. The molecule has 0 atom stereocenters. The number of pyridine rings is 1. The number of halogens is 3. The predicted molar refractivity (Wildman–Crippen MR) is 142 cm³/mol. The summed E-state index contributed by atoms with van der Waals surface area (Å²) in [5.74, 6) is -0.556. The van der Waals surface area contributed by atoms with Gasteiger partial charge in [-0.05, 0) is 70.1 Å². The number of amides is 1. The molecule has 5 rings (SSSR count). The molecule has 1 saturated carbocycles. The number of nitrogens with one attached hydrogen (secondary N) is 1. The van der Waals surface area contributed by atoms with Crippen molar-refractivity contribution < 1.29 is 27.9 Å². The average Bonchev–Trinajstić information content (AvgIpc) is 3.62. The monoisotopic (exact) mass is 545 g/mol. The maximum Gasteiger partial charge on any atom is 0.490 e. The Morgan fingerprint density at radius 3 is 2.33 bits per heavy atom. The molecule has 39 heavy (non-hydrogen) atoms. The number of piperidine rings is 1. The third-order valence-electron chi connectivity index (χ3n) is 7.21. The van der Waals surface area contributed by atoms with Gasteiger partial charge >= 0.3 is 12.1 Å². The van der Waals surface area contributed by atoms with Gasteiger partial charge in [0.1, 0.15) is 5.52 Å². The number of carbonyl (C=O) groups is 2. The van der Waals surface area contributed by atoms with E-state index in [1.54, 1.807) is 0 Å². The van der Waals surface area contributed by atoms with Crippen LogP contribution < -0.4 is 5.32 Å². The Bertz CT molecular complexity index is 1330. The third-order valence-corrected chi connectivity index (χ3v) is 7.21. The van der Waals surface area contributed by atoms with E-state index in [2.05, 4.69) is 34.8 Å². The molecule has 8 nitrogen and oxygen atoms in total. The van der Waals surface area contributed by atoms with Crippen LogP contribution in [0.2, 0.25) is 0 Å². The molecule has 1 aliphatic carbocycles. The number of alkyl halides is 3. The summed E-state index contributed by atoms with van der Waals surface area (Å²) in [5.41, 5.74) is 5.11. The van der Waals surface area contributed by atoms with Crippen LogP contribution in [0, 0.1) is 12.8 Å². The van der Waals surface area contributed by atoms with E-state index in [1.807, 2.05) is 42.4 Å². The van der Waals surface area contributed by atoms with Gasteiger partial charge in [0.25, 0.3) is 5.91 Å². The van der Waals surface area contributed by atoms with Gasteiger partial charge in [-0.2, -0.15) is 13.2 Å². The molecule has 0 spiro atoms. The van der Waals surface area contributed by atoms with Gasteiger partial charge in [-0.1, -0.05) is 18.2 Å². The molecule has 1 aliphatic heterocycles. The number of nitrogens with zero attached hydrogens (tertiary/aromatic N) is 4. The van der Waals surface area contributed by atoms with Gasteiger partial charge in [-0.3, -0.25) is 4.79 Å². The van der Waals surface area contributed by atoms with E-state index in [1.165, 1.54) is 12.8 Å². The topological polar surface area (TPSA) is 100 Å². The van der Waals surface area contributed by atoms with Crippen LogP contribution in [0.15, 0.2) is 36.7 Å². The lowest BCUT2D eigenvalue weighted by Gasteiger charge is -2.32. The molecule has 2 fully saturated rings. The van der Waals surface area contributed by atoms with E-state index in [9.17, 15) is 18.0 Å². The summed E-state index contributed by atoms with van der Waals surface area (Å²) < 4.78 is 34.0. The molecule has 3 aromatic rings. The first-order chi connectivity index (χ1) is 18.5. The fraction of sp³-hybridized carbons (Fsp3) is 0.500. The molecule has 210 valence electrons. The van der Waals surface area contributed by atoms with Gasteiger partial charge in [-0.25, -0.2) is 14.8 Å². The highest BCUT2D eigenvalue weighted by molar-refractivity contribution is 5.95. The Morgan fingerprint density at radius 2 is 1.77 bits per heavy atom. The molecule has 0 unspecified atom stereocenters. The number of aromatic nitrogens is 3. The minimum atomic E-state index is -5.08. The number of anilines is 1. The number of benzene rings is 1. The van der Waals surface area contributed by atoms with E-state index in [0.29, 0.717) is 12.0 Å². The molecule has 11 heteroatoms. The van der Waals surface area contributed by atoms with Crippen molar-refractivity contribution in [2.75, 3.05) is 25.0 Å². The number of aryl methyl sites for hydroxylation is 1. The van der Waals surface area contributed by atoms with Gasteiger partial charge < -0.3 is 19.9 Å². The van der Waals surface area contributed by atoms with E-state index >= 15 is 0 Å². The molecule has 0 radical (unpaired) electrons. The number of fused-ring (bicyclic) bond motifs is 1. The van der Waals surface area contributed by atoms with Crippen molar-refractivity contribution in [3.63, 3.8) is 0 Å². The van der Waals surface area contributed by atoms with Crippen LogP contribution in [0.5, 0.6) is 0 Å². The Hall–Kier alpha value is -3.63. The highest BCUT2D eigenvalue weighted by Gasteiger charge is 2.38. The number of rotatable bonds is 6. The maximum absolute atomic E-state index is 13.0. The Balaban J connectivity index is 0.000000448. The highest BCUT2D eigenvalue weighted by Crippen LogP contribution is 2.34. The lowest BCUT2D eigenvalue weighted by molar-refractivity contribution is -0.192. The number of likely N-dealkylation sites (tertiary alicyclic amines) is 1. The zero-order valence-corrected chi connectivity index (χ0v) is 22.3. The summed E-state index contributed by atoms with van der Waals surface area (Å²) in [6.45, 7) is 8.90. The van der Waals surface area contributed by atoms with Crippen molar-refractivity contribution in [2.24, 2.45) is 5.92 Å². The highest BCUT2D eigenvalue weighted by atomic mass is 19.4. The number of carboxylic acid groups (broad SMARTS) is 1. The van der Waals surface area contributed by atoms with Crippen LogP contribution in [-0.2, 0) is 4.79 Å². The SMILES string of the molecule is Cc1ccccc1C(=O)N1CCC(c2cc3c(ncn3C(C)C)c(NCC3CC3)n2)CC1.O=C(O)C(F)(F)F. The third kappa shape index (κ3) is 6.88. The second-order valence-electron chi connectivity index (χ2n) is 10.5. The van der Waals surface area contributed by atoms with E-state index in [-0.39, 0.29) is 5.91 Å². The largest absolute Gasteiger partial charge is 0.490 e. The van der Waals surface area contributed by atoms with Gasteiger partial charge in [0.15, 0.2) is 5.82 Å². The lowest BCUT2D eigenvalue weighted by Crippen LogP contribution is -2.38. The van der Waals surface area contributed by atoms with Gasteiger partial charge in [0.05, 0.1) is 11.8 Å². The smallest absolute Gasteiger partial charge is 0.475 e. The van der Waals surface area contributed by atoms with Crippen LogP contribution in [0.4, 0.5) is 19.0 Å². The Labute approximate surface area is 225 Å². The predicted octanol–water partition coefficient (Wildman–Crippen LogP) is 5.80. The van der Waals surface area contributed by atoms with E-state index in [4.69, 9.17) is 14.9 Å². The first kappa shape index (κ1) is 28.4. The molecule has 1 aromatic carbocycles. The summed E-state index contributed by atoms with van der Waals surface area (Å²) in [5, 5.41) is 10.7. The van der Waals surface area contributed by atoms with Crippen LogP contribution in [0.25, 0.3) is 11.0 Å². The second kappa shape index (κ2) is 11.6. The minimum absolute atomic E-state index is 0.148. The first-order valence-corrected chi connectivity index (χ1v) is 13.2. The quantitative estimate of drug-likeness (QED) is 0.406. The lowest BCUT2D eigenvalue weighted by atomic mass is 9.92. The molecule has 2 aromatic heterocycles. The zero-order valence-electron chi connectivity index (χ0n) is 22.3. The molecule has 3 heterocycles. The van der Waals surface area contributed by atoms with E-state index < -0.39 is 12.1 Å². The molecule has 1 saturated heterocycles. The van der Waals surface area contributed by atoms with Crippen molar-refractivity contribution in [1.82, 2.24) is 19.4 Å². The molecular formula is C28H34F3N5O3.